The predicted octanol–water partition coefficient (Wildman–Crippen LogP) is 3.71. The minimum atomic E-state index is 0.0503. The fraction of sp³-hybridized carbons (Fsp3) is 0.588. The lowest BCUT2D eigenvalue weighted by Gasteiger charge is -2.11. The molecule has 0 fully saturated rings. The third kappa shape index (κ3) is 7.71. The first kappa shape index (κ1) is 17.5. The van der Waals surface area contributed by atoms with E-state index in [1.807, 2.05) is 24.3 Å². The Balaban J connectivity index is 2.30. The Morgan fingerprint density at radius 1 is 1.14 bits per heavy atom. The van der Waals surface area contributed by atoms with Crippen LogP contribution in [0, 0.1) is 0 Å². The van der Waals surface area contributed by atoms with Gasteiger partial charge in [0.2, 0.25) is 5.91 Å². The van der Waals surface area contributed by atoms with Gasteiger partial charge >= 0.3 is 0 Å². The summed E-state index contributed by atoms with van der Waals surface area (Å²) in [6.45, 7) is 3.11. The lowest BCUT2D eigenvalue weighted by molar-refractivity contribution is -0.116. The zero-order valence-corrected chi connectivity index (χ0v) is 13.1. The fourth-order valence-corrected chi connectivity index (χ4v) is 2.14. The molecule has 0 aliphatic heterocycles. The molecule has 0 aliphatic carbocycles. The number of carbonyl (C=O) groups is 1. The lowest BCUT2D eigenvalue weighted by Crippen LogP contribution is -2.14. The Morgan fingerprint density at radius 3 is 2.62 bits per heavy atom. The molecule has 118 valence electrons. The van der Waals surface area contributed by atoms with Gasteiger partial charge in [-0.05, 0) is 18.6 Å². The SMILES string of the molecule is CCCCCCCCC(=O)Nc1ccccc1OCCN. The van der Waals surface area contributed by atoms with Gasteiger partial charge in [-0.25, -0.2) is 0 Å². The van der Waals surface area contributed by atoms with Crippen molar-refractivity contribution < 1.29 is 9.53 Å². The first-order chi connectivity index (χ1) is 10.3. The van der Waals surface area contributed by atoms with Crippen molar-refractivity contribution in [2.24, 2.45) is 5.73 Å². The van der Waals surface area contributed by atoms with Gasteiger partial charge in [-0.3, -0.25) is 4.79 Å². The fourth-order valence-electron chi connectivity index (χ4n) is 2.14. The number of para-hydroxylation sites is 2. The van der Waals surface area contributed by atoms with Crippen LogP contribution < -0.4 is 15.8 Å². The summed E-state index contributed by atoms with van der Waals surface area (Å²) in [5, 5.41) is 2.92. The molecule has 0 bridgehead atoms. The lowest BCUT2D eigenvalue weighted by atomic mass is 10.1. The van der Waals surface area contributed by atoms with E-state index in [1.165, 1.54) is 25.7 Å². The van der Waals surface area contributed by atoms with Crippen molar-refractivity contribution >= 4 is 11.6 Å². The average molecular weight is 292 g/mol. The Hall–Kier alpha value is -1.55. The molecule has 0 radical (unpaired) electrons. The summed E-state index contributed by atoms with van der Waals surface area (Å²) < 4.78 is 5.52. The highest BCUT2D eigenvalue weighted by Gasteiger charge is 2.07. The van der Waals surface area contributed by atoms with Gasteiger partial charge in [-0.1, -0.05) is 51.2 Å². The Bertz CT molecular complexity index is 408. The van der Waals surface area contributed by atoms with Gasteiger partial charge in [0.1, 0.15) is 12.4 Å². The molecule has 4 heteroatoms. The van der Waals surface area contributed by atoms with Crippen LogP contribution in [-0.4, -0.2) is 19.1 Å². The summed E-state index contributed by atoms with van der Waals surface area (Å²) in [4.78, 5) is 11.9. The number of ether oxygens (including phenoxy) is 1. The van der Waals surface area contributed by atoms with Gasteiger partial charge in [0.05, 0.1) is 5.69 Å². The Kier molecular flexibility index (Phi) is 9.29. The number of rotatable bonds is 11. The van der Waals surface area contributed by atoms with E-state index in [2.05, 4.69) is 12.2 Å². The summed E-state index contributed by atoms with van der Waals surface area (Å²) in [6, 6.07) is 7.46. The van der Waals surface area contributed by atoms with Crippen LogP contribution in [0.15, 0.2) is 24.3 Å². The van der Waals surface area contributed by atoms with Gasteiger partial charge in [0.15, 0.2) is 0 Å². The van der Waals surface area contributed by atoms with E-state index < -0.39 is 0 Å². The maximum atomic E-state index is 11.9. The molecule has 0 heterocycles. The van der Waals surface area contributed by atoms with Crippen molar-refractivity contribution in [3.05, 3.63) is 24.3 Å². The largest absolute Gasteiger partial charge is 0.490 e. The number of unbranched alkanes of at least 4 members (excludes halogenated alkanes) is 5. The number of amides is 1. The Labute approximate surface area is 128 Å². The second-order valence-electron chi connectivity index (χ2n) is 5.20. The van der Waals surface area contributed by atoms with Crippen molar-refractivity contribution in [2.45, 2.75) is 51.9 Å². The van der Waals surface area contributed by atoms with Crippen LogP contribution in [0.4, 0.5) is 5.69 Å². The normalized spacial score (nSPS) is 10.4. The molecular formula is C17H28N2O2. The number of anilines is 1. The molecule has 0 atom stereocenters. The molecule has 0 spiro atoms. The summed E-state index contributed by atoms with van der Waals surface area (Å²) >= 11 is 0. The summed E-state index contributed by atoms with van der Waals surface area (Å²) in [7, 11) is 0. The third-order valence-corrected chi connectivity index (χ3v) is 3.29. The summed E-state index contributed by atoms with van der Waals surface area (Å²) in [5.74, 6) is 0.730. The van der Waals surface area contributed by atoms with Crippen molar-refractivity contribution in [3.63, 3.8) is 0 Å². The zero-order valence-electron chi connectivity index (χ0n) is 13.1. The van der Waals surface area contributed by atoms with Gasteiger partial charge in [0.25, 0.3) is 0 Å². The van der Waals surface area contributed by atoms with E-state index >= 15 is 0 Å². The third-order valence-electron chi connectivity index (χ3n) is 3.29. The number of benzene rings is 1. The highest BCUT2D eigenvalue weighted by atomic mass is 16.5. The molecule has 0 saturated heterocycles. The molecule has 0 saturated carbocycles. The molecule has 1 amide bonds. The van der Waals surface area contributed by atoms with Crippen molar-refractivity contribution in [2.75, 3.05) is 18.5 Å². The molecule has 1 aromatic carbocycles. The molecule has 0 aliphatic rings. The number of nitrogens with two attached hydrogens (primary N) is 1. The quantitative estimate of drug-likeness (QED) is 0.611. The maximum absolute atomic E-state index is 11.9. The second-order valence-corrected chi connectivity index (χ2v) is 5.20. The average Bonchev–Trinajstić information content (AvgIpc) is 2.50. The summed E-state index contributed by atoms with van der Waals surface area (Å²) in [5.41, 5.74) is 6.16. The number of carbonyl (C=O) groups excluding carboxylic acids is 1. The van der Waals surface area contributed by atoms with Crippen LogP contribution in [0.25, 0.3) is 0 Å². The first-order valence-electron chi connectivity index (χ1n) is 7.99. The van der Waals surface area contributed by atoms with Crippen LogP contribution >= 0.6 is 0 Å². The van der Waals surface area contributed by atoms with E-state index in [1.54, 1.807) is 0 Å². The molecule has 1 aromatic rings. The number of hydrogen-bond donors (Lipinski definition) is 2. The van der Waals surface area contributed by atoms with Gasteiger partial charge < -0.3 is 15.8 Å². The standard InChI is InChI=1S/C17H28N2O2/c1-2-3-4-5-6-7-12-17(20)19-15-10-8-9-11-16(15)21-14-13-18/h8-11H,2-7,12-14,18H2,1H3,(H,19,20). The Morgan fingerprint density at radius 2 is 1.86 bits per heavy atom. The van der Waals surface area contributed by atoms with Gasteiger partial charge in [-0.15, -0.1) is 0 Å². The van der Waals surface area contributed by atoms with Crippen LogP contribution in [0.5, 0.6) is 5.75 Å². The van der Waals surface area contributed by atoms with Crippen molar-refractivity contribution in [1.29, 1.82) is 0 Å². The topological polar surface area (TPSA) is 64.3 Å². The van der Waals surface area contributed by atoms with E-state index in [0.29, 0.717) is 25.3 Å². The number of nitrogens with one attached hydrogen (secondary N) is 1. The van der Waals surface area contributed by atoms with Crippen LogP contribution in [0.3, 0.4) is 0 Å². The number of hydrogen-bond acceptors (Lipinski definition) is 3. The second kappa shape index (κ2) is 11.1. The first-order valence-corrected chi connectivity index (χ1v) is 7.99. The minimum Gasteiger partial charge on any atom is -0.490 e. The van der Waals surface area contributed by atoms with E-state index in [0.717, 1.165) is 18.5 Å². The van der Waals surface area contributed by atoms with E-state index in [4.69, 9.17) is 10.5 Å². The van der Waals surface area contributed by atoms with Gasteiger partial charge in [0, 0.05) is 13.0 Å². The molecule has 1 rings (SSSR count). The van der Waals surface area contributed by atoms with Crippen molar-refractivity contribution in [3.8, 4) is 5.75 Å². The molecule has 4 nitrogen and oxygen atoms in total. The minimum absolute atomic E-state index is 0.0503. The smallest absolute Gasteiger partial charge is 0.224 e. The zero-order chi connectivity index (χ0) is 15.3. The molecule has 0 aromatic heterocycles. The molecule has 21 heavy (non-hydrogen) atoms. The molecule has 0 unspecified atom stereocenters. The highest BCUT2D eigenvalue weighted by Crippen LogP contribution is 2.23. The monoisotopic (exact) mass is 292 g/mol. The van der Waals surface area contributed by atoms with Gasteiger partial charge in [-0.2, -0.15) is 0 Å². The molecular weight excluding hydrogens is 264 g/mol. The van der Waals surface area contributed by atoms with Crippen molar-refractivity contribution in [1.82, 2.24) is 0 Å². The van der Waals surface area contributed by atoms with E-state index in [-0.39, 0.29) is 5.91 Å². The maximum Gasteiger partial charge on any atom is 0.224 e. The van der Waals surface area contributed by atoms with Crippen LogP contribution in [0.1, 0.15) is 51.9 Å². The summed E-state index contributed by atoms with van der Waals surface area (Å²) in [6.07, 6.45) is 7.67. The highest BCUT2D eigenvalue weighted by molar-refractivity contribution is 5.92. The van der Waals surface area contributed by atoms with Crippen LogP contribution in [0.2, 0.25) is 0 Å². The predicted molar refractivity (Wildman–Crippen MR) is 87.6 cm³/mol. The van der Waals surface area contributed by atoms with E-state index in [9.17, 15) is 4.79 Å². The van der Waals surface area contributed by atoms with Crippen LogP contribution in [-0.2, 0) is 4.79 Å². The molecule has 3 N–H and O–H groups in total.